The summed E-state index contributed by atoms with van der Waals surface area (Å²) in [6, 6.07) is 13.6. The van der Waals surface area contributed by atoms with E-state index in [0.717, 1.165) is 16.6 Å². The maximum absolute atomic E-state index is 13.5. The summed E-state index contributed by atoms with van der Waals surface area (Å²) in [4.78, 5) is 28.7. The summed E-state index contributed by atoms with van der Waals surface area (Å²) < 4.78 is 18.7. The monoisotopic (exact) mass is 434 g/mol. The number of ether oxygens (including phenoxy) is 1. The Balaban J connectivity index is 1.51. The van der Waals surface area contributed by atoms with Crippen LogP contribution >= 0.6 is 0 Å². The number of hydrogen-bond acceptors (Lipinski definition) is 3. The van der Waals surface area contributed by atoms with Crippen molar-refractivity contribution in [3.8, 4) is 0 Å². The molecule has 1 aliphatic carbocycles. The highest BCUT2D eigenvalue weighted by molar-refractivity contribution is 5.87. The van der Waals surface area contributed by atoms with Gasteiger partial charge in [0.25, 0.3) is 0 Å². The Hall–Kier alpha value is -3.41. The molecular weight excluding hydrogens is 407 g/mol. The number of hydrogen-bond donors (Lipinski definition) is 2. The molecule has 0 saturated heterocycles. The first-order valence-corrected chi connectivity index (χ1v) is 10.9. The van der Waals surface area contributed by atoms with Gasteiger partial charge in [0.2, 0.25) is 5.91 Å². The molecule has 32 heavy (non-hydrogen) atoms. The van der Waals surface area contributed by atoms with Gasteiger partial charge in [0.15, 0.2) is 0 Å². The zero-order valence-electron chi connectivity index (χ0n) is 18.5. The van der Waals surface area contributed by atoms with E-state index in [1.165, 1.54) is 28.8 Å². The molecule has 2 aromatic carbocycles. The highest BCUT2D eigenvalue weighted by atomic mass is 19.1. The van der Waals surface area contributed by atoms with Crippen LogP contribution in [0.5, 0.6) is 0 Å². The summed E-state index contributed by atoms with van der Waals surface area (Å²) in [7, 11) is 0. The number of rotatable bonds is 7. The van der Waals surface area contributed by atoms with Crippen molar-refractivity contribution in [2.75, 3.05) is 6.61 Å². The lowest BCUT2D eigenvalue weighted by Crippen LogP contribution is -2.43. The molecule has 0 fully saturated rings. The van der Waals surface area contributed by atoms with E-state index in [4.69, 9.17) is 4.74 Å². The fraction of sp³-hybridized carbons (Fsp3) is 0.308. The molecule has 5 nitrogen and oxygen atoms in total. The minimum Gasteiger partial charge on any atom is -0.464 e. The smallest absolute Gasteiger partial charge is 0.329 e. The largest absolute Gasteiger partial charge is 0.464 e. The van der Waals surface area contributed by atoms with Crippen molar-refractivity contribution in [3.63, 3.8) is 0 Å². The van der Waals surface area contributed by atoms with Crippen LogP contribution in [-0.2, 0) is 20.7 Å². The molecule has 1 aromatic heterocycles. The predicted molar refractivity (Wildman–Crippen MR) is 123 cm³/mol. The van der Waals surface area contributed by atoms with Crippen molar-refractivity contribution in [2.45, 2.75) is 45.6 Å². The zero-order chi connectivity index (χ0) is 22.8. The SMILES string of the molecule is CCOC(=O)C(Cc1cc2ccc(F)cc2[nH]1)NC(=O)CC1C(C)=C(C)c2ccccc21. The molecule has 1 aliphatic rings. The number of aromatic nitrogens is 1. The predicted octanol–water partition coefficient (Wildman–Crippen LogP) is 4.88. The van der Waals surface area contributed by atoms with Crippen molar-refractivity contribution in [1.29, 1.82) is 0 Å². The minimum absolute atomic E-state index is 0.00917. The first-order chi connectivity index (χ1) is 15.4. The molecule has 0 saturated carbocycles. The maximum Gasteiger partial charge on any atom is 0.329 e. The topological polar surface area (TPSA) is 71.2 Å². The van der Waals surface area contributed by atoms with Crippen molar-refractivity contribution in [2.24, 2.45) is 0 Å². The van der Waals surface area contributed by atoms with Gasteiger partial charge in [-0.25, -0.2) is 9.18 Å². The number of carbonyl (C=O) groups is 2. The molecule has 4 rings (SSSR count). The van der Waals surface area contributed by atoms with E-state index in [-0.39, 0.29) is 37.1 Å². The quantitative estimate of drug-likeness (QED) is 0.521. The van der Waals surface area contributed by atoms with E-state index in [1.54, 1.807) is 13.0 Å². The number of halogens is 1. The van der Waals surface area contributed by atoms with Gasteiger partial charge in [0.05, 0.1) is 6.61 Å². The summed E-state index contributed by atoms with van der Waals surface area (Å²) in [5.41, 5.74) is 6.06. The van der Waals surface area contributed by atoms with Gasteiger partial charge in [-0.3, -0.25) is 4.79 Å². The fourth-order valence-corrected chi connectivity index (χ4v) is 4.48. The summed E-state index contributed by atoms with van der Waals surface area (Å²) in [5.74, 6) is -1.04. The highest BCUT2D eigenvalue weighted by Gasteiger charge is 2.30. The second-order valence-corrected chi connectivity index (χ2v) is 8.25. The normalized spacial score (nSPS) is 16.2. The Kier molecular flexibility index (Phi) is 6.12. The van der Waals surface area contributed by atoms with Crippen LogP contribution in [-0.4, -0.2) is 29.5 Å². The molecule has 1 heterocycles. The summed E-state index contributed by atoms with van der Waals surface area (Å²) in [6.07, 6.45) is 0.490. The average Bonchev–Trinajstić information content (AvgIpc) is 3.27. The minimum atomic E-state index is -0.831. The van der Waals surface area contributed by atoms with Gasteiger partial charge >= 0.3 is 5.97 Å². The third kappa shape index (κ3) is 4.31. The second-order valence-electron chi connectivity index (χ2n) is 8.25. The number of benzene rings is 2. The van der Waals surface area contributed by atoms with E-state index in [9.17, 15) is 14.0 Å². The number of H-pyrrole nitrogens is 1. The molecule has 3 aromatic rings. The molecule has 1 amide bonds. The van der Waals surface area contributed by atoms with E-state index >= 15 is 0 Å². The van der Waals surface area contributed by atoms with Crippen LogP contribution in [0.2, 0.25) is 0 Å². The van der Waals surface area contributed by atoms with Crippen molar-refractivity contribution in [1.82, 2.24) is 10.3 Å². The zero-order valence-corrected chi connectivity index (χ0v) is 18.5. The van der Waals surface area contributed by atoms with Crippen molar-refractivity contribution in [3.05, 3.63) is 76.7 Å². The van der Waals surface area contributed by atoms with Gasteiger partial charge in [0.1, 0.15) is 11.9 Å². The summed E-state index contributed by atoms with van der Waals surface area (Å²) in [5, 5.41) is 3.71. The first kappa shape index (κ1) is 21.8. The van der Waals surface area contributed by atoms with Gasteiger partial charge in [-0.2, -0.15) is 0 Å². The highest BCUT2D eigenvalue weighted by Crippen LogP contribution is 2.43. The van der Waals surface area contributed by atoms with E-state index in [1.807, 2.05) is 18.2 Å². The van der Waals surface area contributed by atoms with Crippen LogP contribution in [0.3, 0.4) is 0 Å². The molecular formula is C26H27FN2O3. The van der Waals surface area contributed by atoms with Crippen LogP contribution in [0, 0.1) is 5.82 Å². The van der Waals surface area contributed by atoms with Gasteiger partial charge in [0, 0.05) is 30.0 Å². The molecule has 2 atom stereocenters. The maximum atomic E-state index is 13.5. The van der Waals surface area contributed by atoms with Gasteiger partial charge in [-0.1, -0.05) is 29.8 Å². The Bertz CT molecular complexity index is 1210. The lowest BCUT2D eigenvalue weighted by molar-refractivity contribution is -0.147. The standard InChI is InChI=1S/C26H27FN2O3/c1-4-32-26(31)24(13-19-11-17-9-10-18(27)12-23(17)28-19)29-25(30)14-22-16(3)15(2)20-7-5-6-8-21(20)22/h5-12,22,24,28H,4,13-14H2,1-3H3,(H,29,30). The molecule has 0 radical (unpaired) electrons. The van der Waals surface area contributed by atoms with E-state index < -0.39 is 12.0 Å². The molecule has 6 heteroatoms. The van der Waals surface area contributed by atoms with Gasteiger partial charge in [-0.15, -0.1) is 0 Å². The number of aromatic amines is 1. The second kappa shape index (κ2) is 8.99. The molecule has 0 bridgehead atoms. The van der Waals surface area contributed by atoms with E-state index in [2.05, 4.69) is 36.3 Å². The first-order valence-electron chi connectivity index (χ1n) is 10.9. The van der Waals surface area contributed by atoms with Crippen LogP contribution in [0.1, 0.15) is 49.9 Å². The van der Waals surface area contributed by atoms with Gasteiger partial charge < -0.3 is 15.0 Å². The molecule has 2 N–H and O–H groups in total. The third-order valence-corrected chi connectivity index (χ3v) is 6.21. The van der Waals surface area contributed by atoms with Crippen LogP contribution in [0.15, 0.2) is 54.1 Å². The Morgan fingerprint density at radius 2 is 1.94 bits per heavy atom. The number of carbonyl (C=O) groups excluding carboxylic acids is 2. The third-order valence-electron chi connectivity index (χ3n) is 6.21. The van der Waals surface area contributed by atoms with Crippen LogP contribution in [0.4, 0.5) is 4.39 Å². The van der Waals surface area contributed by atoms with Crippen LogP contribution < -0.4 is 5.32 Å². The summed E-state index contributed by atoms with van der Waals surface area (Å²) in [6.45, 7) is 6.08. The Labute approximate surface area is 186 Å². The number of allylic oxidation sites excluding steroid dienone is 2. The fourth-order valence-electron chi connectivity index (χ4n) is 4.48. The molecule has 166 valence electrons. The Morgan fingerprint density at radius 1 is 1.16 bits per heavy atom. The van der Waals surface area contributed by atoms with Crippen molar-refractivity contribution < 1.29 is 18.7 Å². The number of amides is 1. The average molecular weight is 435 g/mol. The van der Waals surface area contributed by atoms with Crippen molar-refractivity contribution >= 4 is 28.4 Å². The number of esters is 1. The molecule has 0 spiro atoms. The lowest BCUT2D eigenvalue weighted by atomic mass is 9.92. The lowest BCUT2D eigenvalue weighted by Gasteiger charge is -2.19. The molecule has 0 aliphatic heterocycles. The van der Waals surface area contributed by atoms with E-state index in [0.29, 0.717) is 5.52 Å². The number of fused-ring (bicyclic) bond motifs is 2. The number of nitrogens with one attached hydrogen (secondary N) is 2. The van der Waals surface area contributed by atoms with Crippen LogP contribution in [0.25, 0.3) is 16.5 Å². The summed E-state index contributed by atoms with van der Waals surface area (Å²) >= 11 is 0. The van der Waals surface area contributed by atoms with Gasteiger partial charge in [-0.05, 0) is 67.1 Å². The molecule has 2 unspecified atom stereocenters. The Morgan fingerprint density at radius 3 is 2.72 bits per heavy atom.